The molecule has 1 saturated heterocycles. The predicted octanol–water partition coefficient (Wildman–Crippen LogP) is 3.36. The van der Waals surface area contributed by atoms with E-state index in [1.165, 1.54) is 17.3 Å². The zero-order chi connectivity index (χ0) is 19.5. The number of carbonyl (C=O) groups excluding carboxylic acids is 1. The van der Waals surface area contributed by atoms with Gasteiger partial charge in [-0.3, -0.25) is 5.10 Å². The Kier molecular flexibility index (Phi) is 4.98. The molecule has 2 aromatic carbocycles. The molecule has 0 saturated carbocycles. The molecule has 4 rings (SSSR count). The number of nitrogens with zero attached hydrogens (tertiary/aromatic N) is 3. The van der Waals surface area contributed by atoms with Crippen LogP contribution in [-0.2, 0) is 4.74 Å². The Morgan fingerprint density at radius 2 is 2.07 bits per heavy atom. The first-order valence-electron chi connectivity index (χ1n) is 8.68. The number of anilines is 1. The zero-order valence-corrected chi connectivity index (χ0v) is 14.7. The van der Waals surface area contributed by atoms with Crippen LogP contribution in [0.15, 0.2) is 48.8 Å². The summed E-state index contributed by atoms with van der Waals surface area (Å²) in [5, 5.41) is 9.12. The van der Waals surface area contributed by atoms with Gasteiger partial charge in [-0.15, -0.1) is 0 Å². The van der Waals surface area contributed by atoms with Gasteiger partial charge in [0, 0.05) is 18.2 Å². The highest BCUT2D eigenvalue weighted by Crippen LogP contribution is 2.32. The molecule has 1 fully saturated rings. The van der Waals surface area contributed by atoms with Gasteiger partial charge in [-0.1, -0.05) is 30.3 Å². The summed E-state index contributed by atoms with van der Waals surface area (Å²) in [6, 6.07) is 9.67. The van der Waals surface area contributed by atoms with Gasteiger partial charge in [0.05, 0.1) is 18.9 Å². The van der Waals surface area contributed by atoms with Crippen molar-refractivity contribution in [3.05, 3.63) is 66.3 Å². The van der Waals surface area contributed by atoms with Crippen LogP contribution < -0.4 is 5.32 Å². The summed E-state index contributed by atoms with van der Waals surface area (Å²) in [5.74, 6) is -1.10. The van der Waals surface area contributed by atoms with Crippen LogP contribution in [0, 0.1) is 11.6 Å². The van der Waals surface area contributed by atoms with Crippen molar-refractivity contribution >= 4 is 11.7 Å². The van der Waals surface area contributed by atoms with Gasteiger partial charge < -0.3 is 15.0 Å². The number of aromatic nitrogens is 3. The van der Waals surface area contributed by atoms with E-state index in [4.69, 9.17) is 4.74 Å². The predicted molar refractivity (Wildman–Crippen MR) is 97.5 cm³/mol. The minimum absolute atomic E-state index is 0.0830. The molecule has 2 amide bonds. The molecule has 28 heavy (non-hydrogen) atoms. The van der Waals surface area contributed by atoms with Gasteiger partial charge in [-0.25, -0.2) is 18.6 Å². The SMILES string of the molecule is O=C(Nc1c(F)cc(F)cc1-c1ccccc1)N1CCOCC1c1ncn[nH]1. The van der Waals surface area contributed by atoms with Crippen molar-refractivity contribution in [1.82, 2.24) is 20.1 Å². The first kappa shape index (κ1) is 18.1. The summed E-state index contributed by atoms with van der Waals surface area (Å²) in [5.41, 5.74) is 0.765. The summed E-state index contributed by atoms with van der Waals surface area (Å²) in [7, 11) is 0. The molecule has 9 heteroatoms. The Morgan fingerprint density at radius 1 is 1.25 bits per heavy atom. The average molecular weight is 385 g/mol. The molecule has 0 spiro atoms. The first-order valence-corrected chi connectivity index (χ1v) is 8.68. The Morgan fingerprint density at radius 3 is 2.82 bits per heavy atom. The summed E-state index contributed by atoms with van der Waals surface area (Å²) < 4.78 is 33.8. The minimum Gasteiger partial charge on any atom is -0.377 e. The van der Waals surface area contributed by atoms with Gasteiger partial charge in [0.2, 0.25) is 0 Å². The molecule has 1 aliphatic rings. The van der Waals surface area contributed by atoms with Crippen molar-refractivity contribution in [1.29, 1.82) is 0 Å². The number of urea groups is 1. The maximum atomic E-state index is 14.6. The number of benzene rings is 2. The summed E-state index contributed by atoms with van der Waals surface area (Å²) >= 11 is 0. The van der Waals surface area contributed by atoms with Crippen LogP contribution in [0.3, 0.4) is 0 Å². The zero-order valence-electron chi connectivity index (χ0n) is 14.7. The highest BCUT2D eigenvalue weighted by atomic mass is 19.1. The number of hydrogen-bond acceptors (Lipinski definition) is 4. The number of morpholine rings is 1. The number of ether oxygens (including phenoxy) is 1. The maximum absolute atomic E-state index is 14.6. The molecular formula is C19H17F2N5O2. The Balaban J connectivity index is 1.66. The van der Waals surface area contributed by atoms with Crippen LogP contribution >= 0.6 is 0 Å². The second-order valence-electron chi connectivity index (χ2n) is 6.26. The highest BCUT2D eigenvalue weighted by molar-refractivity contribution is 5.95. The van der Waals surface area contributed by atoms with Crippen molar-refractivity contribution in [3.8, 4) is 11.1 Å². The number of nitrogens with one attached hydrogen (secondary N) is 2. The molecular weight excluding hydrogens is 368 g/mol. The normalized spacial score (nSPS) is 16.8. The monoisotopic (exact) mass is 385 g/mol. The maximum Gasteiger partial charge on any atom is 0.322 e. The van der Waals surface area contributed by atoms with Crippen LogP contribution in [0.1, 0.15) is 11.9 Å². The van der Waals surface area contributed by atoms with Crippen molar-refractivity contribution in [3.63, 3.8) is 0 Å². The fraction of sp³-hybridized carbons (Fsp3) is 0.211. The molecule has 0 aliphatic carbocycles. The molecule has 3 aromatic rings. The molecule has 2 N–H and O–H groups in total. The lowest BCUT2D eigenvalue weighted by Gasteiger charge is -2.34. The quantitative estimate of drug-likeness (QED) is 0.724. The molecule has 1 aliphatic heterocycles. The van der Waals surface area contributed by atoms with Crippen molar-refractivity contribution in [2.45, 2.75) is 6.04 Å². The van der Waals surface area contributed by atoms with Gasteiger partial charge in [0.1, 0.15) is 29.8 Å². The Hall–Kier alpha value is -3.33. The lowest BCUT2D eigenvalue weighted by Crippen LogP contribution is -2.46. The average Bonchev–Trinajstić information content (AvgIpc) is 3.25. The minimum atomic E-state index is -0.850. The van der Waals surface area contributed by atoms with E-state index >= 15 is 0 Å². The lowest BCUT2D eigenvalue weighted by atomic mass is 10.0. The van der Waals surface area contributed by atoms with Crippen molar-refractivity contribution in [2.75, 3.05) is 25.1 Å². The van der Waals surface area contributed by atoms with Crippen molar-refractivity contribution in [2.24, 2.45) is 0 Å². The smallest absolute Gasteiger partial charge is 0.322 e. The molecule has 1 unspecified atom stereocenters. The van der Waals surface area contributed by atoms with E-state index in [9.17, 15) is 13.6 Å². The first-order chi connectivity index (χ1) is 13.6. The third-order valence-electron chi connectivity index (χ3n) is 4.51. The number of rotatable bonds is 3. The molecule has 1 atom stereocenters. The van der Waals surface area contributed by atoms with E-state index < -0.39 is 23.7 Å². The number of amides is 2. The fourth-order valence-corrected chi connectivity index (χ4v) is 3.17. The molecule has 2 heterocycles. The van der Waals surface area contributed by atoms with Gasteiger partial charge >= 0.3 is 6.03 Å². The van der Waals surface area contributed by atoms with E-state index in [2.05, 4.69) is 20.5 Å². The van der Waals surface area contributed by atoms with E-state index in [1.54, 1.807) is 30.3 Å². The van der Waals surface area contributed by atoms with Crippen molar-refractivity contribution < 1.29 is 18.3 Å². The molecule has 0 radical (unpaired) electrons. The van der Waals surface area contributed by atoms with Crippen LogP contribution in [-0.4, -0.2) is 45.9 Å². The number of hydrogen-bond donors (Lipinski definition) is 2. The molecule has 144 valence electrons. The number of halogens is 2. The Bertz CT molecular complexity index is 966. The second kappa shape index (κ2) is 7.73. The van der Waals surface area contributed by atoms with Gasteiger partial charge in [-0.05, 0) is 11.6 Å². The van der Waals surface area contributed by atoms with Gasteiger partial charge in [-0.2, -0.15) is 5.10 Å². The third-order valence-corrected chi connectivity index (χ3v) is 4.51. The fourth-order valence-electron chi connectivity index (χ4n) is 3.17. The Labute approximate surface area is 159 Å². The topological polar surface area (TPSA) is 83.1 Å². The van der Waals surface area contributed by atoms with Crippen LogP contribution in [0.5, 0.6) is 0 Å². The number of H-pyrrole nitrogens is 1. The lowest BCUT2D eigenvalue weighted by molar-refractivity contribution is 0.0118. The number of carbonyl (C=O) groups is 1. The van der Waals surface area contributed by atoms with E-state index in [0.29, 0.717) is 24.5 Å². The molecule has 7 nitrogen and oxygen atoms in total. The summed E-state index contributed by atoms with van der Waals surface area (Å²) in [6.45, 7) is 0.871. The second-order valence-corrected chi connectivity index (χ2v) is 6.26. The van der Waals surface area contributed by atoms with Gasteiger partial charge in [0.25, 0.3) is 0 Å². The van der Waals surface area contributed by atoms with E-state index in [1.807, 2.05) is 0 Å². The molecule has 1 aromatic heterocycles. The largest absolute Gasteiger partial charge is 0.377 e. The number of aromatic amines is 1. The standard InChI is InChI=1S/C19H17F2N5O2/c20-13-8-14(12-4-2-1-3-5-12)17(15(21)9-13)24-19(27)26-6-7-28-10-16(26)18-22-11-23-25-18/h1-5,8-9,11,16H,6-7,10H2,(H,24,27)(H,22,23,25). The van der Waals surface area contributed by atoms with E-state index in [0.717, 1.165) is 6.07 Å². The highest BCUT2D eigenvalue weighted by Gasteiger charge is 2.31. The summed E-state index contributed by atoms with van der Waals surface area (Å²) in [6.07, 6.45) is 1.34. The van der Waals surface area contributed by atoms with Crippen LogP contribution in [0.2, 0.25) is 0 Å². The summed E-state index contributed by atoms with van der Waals surface area (Å²) in [4.78, 5) is 18.5. The van der Waals surface area contributed by atoms with Crippen LogP contribution in [0.25, 0.3) is 11.1 Å². The van der Waals surface area contributed by atoms with Crippen LogP contribution in [0.4, 0.5) is 19.3 Å². The van der Waals surface area contributed by atoms with E-state index in [-0.39, 0.29) is 17.9 Å². The molecule has 0 bridgehead atoms. The third kappa shape index (κ3) is 3.56. The van der Waals surface area contributed by atoms with Gasteiger partial charge in [0.15, 0.2) is 0 Å².